The first-order valence-corrected chi connectivity index (χ1v) is 5.23. The van der Waals surface area contributed by atoms with E-state index in [1.54, 1.807) is 5.38 Å². The number of thiophene rings is 1. The van der Waals surface area contributed by atoms with E-state index < -0.39 is 0 Å². The minimum atomic E-state index is -0.111. The van der Waals surface area contributed by atoms with E-state index in [4.69, 9.17) is 4.74 Å². The number of halogens is 1. The van der Waals surface area contributed by atoms with E-state index in [2.05, 4.69) is 5.32 Å². The molecule has 0 amide bonds. The van der Waals surface area contributed by atoms with E-state index >= 15 is 0 Å². The first-order chi connectivity index (χ1) is 6.33. The summed E-state index contributed by atoms with van der Waals surface area (Å²) >= 11 is 1.50. The third kappa shape index (κ3) is 1.61. The summed E-state index contributed by atoms with van der Waals surface area (Å²) in [5.41, 5.74) is 0.769. The van der Waals surface area contributed by atoms with Crippen molar-refractivity contribution in [2.24, 2.45) is 0 Å². The van der Waals surface area contributed by atoms with E-state index in [0.717, 1.165) is 16.9 Å². The molecule has 0 bridgehead atoms. The lowest BCUT2D eigenvalue weighted by atomic mass is 10.1. The summed E-state index contributed by atoms with van der Waals surface area (Å²) in [6.07, 6.45) is 0.754. The maximum absolute atomic E-state index is 13.3. The highest BCUT2D eigenvalue weighted by atomic mass is 32.1. The van der Waals surface area contributed by atoms with Crippen molar-refractivity contribution in [2.45, 2.75) is 12.5 Å². The van der Waals surface area contributed by atoms with Crippen molar-refractivity contribution in [2.75, 3.05) is 20.2 Å². The smallest absolute Gasteiger partial charge is 0.140 e. The Hall–Kier alpha value is -0.450. The second kappa shape index (κ2) is 3.74. The van der Waals surface area contributed by atoms with Crippen LogP contribution >= 0.6 is 11.3 Å². The summed E-state index contributed by atoms with van der Waals surface area (Å²) in [4.78, 5) is 1.14. The van der Waals surface area contributed by atoms with E-state index in [1.165, 1.54) is 11.3 Å². The minimum Gasteiger partial charge on any atom is -0.372 e. The van der Waals surface area contributed by atoms with E-state index in [0.29, 0.717) is 13.2 Å². The van der Waals surface area contributed by atoms with Gasteiger partial charge in [-0.1, -0.05) is 0 Å². The van der Waals surface area contributed by atoms with Gasteiger partial charge in [0.25, 0.3) is 0 Å². The number of ether oxygens (including phenoxy) is 1. The molecule has 1 aliphatic heterocycles. The predicted molar refractivity (Wildman–Crippen MR) is 50.6 cm³/mol. The Morgan fingerprint density at radius 3 is 3.38 bits per heavy atom. The molecular formula is C9H12FNOS. The maximum Gasteiger partial charge on any atom is 0.140 e. The van der Waals surface area contributed by atoms with Crippen LogP contribution in [0.1, 0.15) is 16.5 Å². The topological polar surface area (TPSA) is 21.3 Å². The van der Waals surface area contributed by atoms with Gasteiger partial charge in [0, 0.05) is 28.8 Å². The monoisotopic (exact) mass is 201 g/mol. The molecule has 1 aromatic heterocycles. The highest BCUT2D eigenvalue weighted by molar-refractivity contribution is 7.10. The van der Waals surface area contributed by atoms with Gasteiger partial charge in [0.15, 0.2) is 0 Å². The van der Waals surface area contributed by atoms with Gasteiger partial charge in [-0.3, -0.25) is 0 Å². The molecule has 1 aliphatic rings. The molecule has 13 heavy (non-hydrogen) atoms. The van der Waals surface area contributed by atoms with Crippen molar-refractivity contribution in [1.29, 1.82) is 0 Å². The van der Waals surface area contributed by atoms with Crippen LogP contribution in [0.2, 0.25) is 0 Å². The van der Waals surface area contributed by atoms with Crippen molar-refractivity contribution in [3.8, 4) is 0 Å². The van der Waals surface area contributed by atoms with E-state index in [1.807, 2.05) is 7.05 Å². The lowest BCUT2D eigenvalue weighted by Gasteiger charge is -2.23. The zero-order chi connectivity index (χ0) is 9.26. The maximum atomic E-state index is 13.3. The molecule has 0 aromatic carbocycles. The van der Waals surface area contributed by atoms with Crippen LogP contribution in [0.15, 0.2) is 5.38 Å². The molecule has 0 aliphatic carbocycles. The van der Waals surface area contributed by atoms with Crippen molar-refractivity contribution >= 4 is 11.3 Å². The third-order valence-electron chi connectivity index (χ3n) is 2.22. The Morgan fingerprint density at radius 2 is 2.62 bits per heavy atom. The Balaban J connectivity index is 2.29. The first kappa shape index (κ1) is 9.12. The summed E-state index contributed by atoms with van der Waals surface area (Å²) < 4.78 is 18.8. The summed E-state index contributed by atoms with van der Waals surface area (Å²) in [6, 6.07) is 0. The first-order valence-electron chi connectivity index (χ1n) is 4.35. The second-order valence-corrected chi connectivity index (χ2v) is 4.05. The molecule has 1 atom stereocenters. The molecule has 2 heterocycles. The largest absolute Gasteiger partial charge is 0.372 e. The molecule has 1 N–H and O–H groups in total. The fraction of sp³-hybridized carbons (Fsp3) is 0.556. The van der Waals surface area contributed by atoms with Crippen molar-refractivity contribution < 1.29 is 9.13 Å². The number of likely N-dealkylation sites (N-methyl/N-ethyl adjacent to an activating group) is 1. The molecule has 0 saturated heterocycles. The van der Waals surface area contributed by atoms with Crippen LogP contribution in [0.4, 0.5) is 4.39 Å². The SMILES string of the molecule is CNCC1OCCc2scc(F)c21. The standard InChI is InChI=1S/C9H12FNOS/c1-11-4-7-9-6(10)5-13-8(9)2-3-12-7/h5,7,11H,2-4H2,1H3. The molecule has 0 radical (unpaired) electrons. The molecule has 1 aromatic rings. The van der Waals surface area contributed by atoms with Gasteiger partial charge in [0.05, 0.1) is 12.7 Å². The summed E-state index contributed by atoms with van der Waals surface area (Å²) in [5.74, 6) is -0.111. The highest BCUT2D eigenvalue weighted by Crippen LogP contribution is 2.33. The average molecular weight is 201 g/mol. The van der Waals surface area contributed by atoms with Crippen LogP contribution in [0, 0.1) is 5.82 Å². The summed E-state index contributed by atoms with van der Waals surface area (Å²) in [6.45, 7) is 1.39. The van der Waals surface area contributed by atoms with Gasteiger partial charge in [-0.2, -0.15) is 0 Å². The number of hydrogen-bond donors (Lipinski definition) is 1. The predicted octanol–water partition coefficient (Wildman–Crippen LogP) is 1.72. The third-order valence-corrected chi connectivity index (χ3v) is 3.26. The second-order valence-electron chi connectivity index (χ2n) is 3.09. The molecule has 1 unspecified atom stereocenters. The Morgan fingerprint density at radius 1 is 1.77 bits per heavy atom. The van der Waals surface area contributed by atoms with Crippen molar-refractivity contribution in [1.82, 2.24) is 5.32 Å². The zero-order valence-corrected chi connectivity index (χ0v) is 8.29. The number of nitrogens with one attached hydrogen (secondary N) is 1. The van der Waals surface area contributed by atoms with Crippen LogP contribution in [0.3, 0.4) is 0 Å². The molecule has 4 heteroatoms. The van der Waals surface area contributed by atoms with Gasteiger partial charge in [-0.15, -0.1) is 11.3 Å². The van der Waals surface area contributed by atoms with E-state index in [9.17, 15) is 4.39 Å². The Kier molecular flexibility index (Phi) is 2.62. The van der Waals surface area contributed by atoms with Gasteiger partial charge in [-0.25, -0.2) is 4.39 Å². The molecule has 0 fully saturated rings. The van der Waals surface area contributed by atoms with Crippen molar-refractivity contribution in [3.63, 3.8) is 0 Å². The molecule has 72 valence electrons. The fourth-order valence-corrected chi connectivity index (χ4v) is 2.56. The normalized spacial score (nSPS) is 21.5. The summed E-state index contributed by atoms with van der Waals surface area (Å²) in [5, 5.41) is 4.58. The zero-order valence-electron chi connectivity index (χ0n) is 7.47. The fourth-order valence-electron chi connectivity index (χ4n) is 1.63. The van der Waals surface area contributed by atoms with Gasteiger partial charge in [-0.05, 0) is 7.05 Å². The number of rotatable bonds is 2. The van der Waals surface area contributed by atoms with Gasteiger partial charge in [0.1, 0.15) is 5.82 Å². The number of hydrogen-bond acceptors (Lipinski definition) is 3. The quantitative estimate of drug-likeness (QED) is 0.786. The van der Waals surface area contributed by atoms with Gasteiger partial charge >= 0.3 is 0 Å². The van der Waals surface area contributed by atoms with Gasteiger partial charge in [0.2, 0.25) is 0 Å². The molecule has 2 rings (SSSR count). The van der Waals surface area contributed by atoms with Crippen LogP contribution < -0.4 is 5.32 Å². The van der Waals surface area contributed by atoms with Crippen LogP contribution in [0.5, 0.6) is 0 Å². The van der Waals surface area contributed by atoms with Crippen LogP contribution in [-0.4, -0.2) is 20.2 Å². The Labute approximate surface area is 80.7 Å². The minimum absolute atomic E-state index is 0.0972. The summed E-state index contributed by atoms with van der Waals surface area (Å²) in [7, 11) is 1.85. The molecular weight excluding hydrogens is 189 g/mol. The van der Waals surface area contributed by atoms with Crippen LogP contribution in [-0.2, 0) is 11.2 Å². The molecule has 0 saturated carbocycles. The highest BCUT2D eigenvalue weighted by Gasteiger charge is 2.25. The van der Waals surface area contributed by atoms with Crippen molar-refractivity contribution in [3.05, 3.63) is 21.6 Å². The molecule has 2 nitrogen and oxygen atoms in total. The number of fused-ring (bicyclic) bond motifs is 1. The average Bonchev–Trinajstić information content (AvgIpc) is 2.50. The lowest BCUT2D eigenvalue weighted by molar-refractivity contribution is 0.0425. The van der Waals surface area contributed by atoms with Gasteiger partial charge < -0.3 is 10.1 Å². The van der Waals surface area contributed by atoms with Crippen LogP contribution in [0.25, 0.3) is 0 Å². The van der Waals surface area contributed by atoms with E-state index in [-0.39, 0.29) is 11.9 Å². The molecule has 0 spiro atoms. The Bertz CT molecular complexity index is 300. The lowest BCUT2D eigenvalue weighted by Crippen LogP contribution is -2.24.